The van der Waals surface area contributed by atoms with Gasteiger partial charge in [-0.3, -0.25) is 9.79 Å². The fourth-order valence-electron chi connectivity index (χ4n) is 2.37. The summed E-state index contributed by atoms with van der Waals surface area (Å²) in [5.74, 6) is 0. The molecule has 144 valence electrons. The molecule has 1 amide bonds. The molecule has 1 atom stereocenters. The summed E-state index contributed by atoms with van der Waals surface area (Å²) in [5, 5.41) is 14.1. The van der Waals surface area contributed by atoms with E-state index in [4.69, 9.17) is 11.6 Å². The second-order valence-corrected chi connectivity index (χ2v) is 6.27. The van der Waals surface area contributed by atoms with Crippen LogP contribution in [0.4, 0.5) is 13.2 Å². The highest BCUT2D eigenvalue weighted by Crippen LogP contribution is 2.38. The van der Waals surface area contributed by atoms with Crippen LogP contribution in [0.25, 0.3) is 0 Å². The van der Waals surface area contributed by atoms with Gasteiger partial charge in [0.25, 0.3) is 0 Å². The van der Waals surface area contributed by atoms with Gasteiger partial charge in [-0.15, -0.1) is 0 Å². The quantitative estimate of drug-likeness (QED) is 0.758. The summed E-state index contributed by atoms with van der Waals surface area (Å²) < 4.78 is 37.8. The third-order valence-electron chi connectivity index (χ3n) is 3.76. The van der Waals surface area contributed by atoms with E-state index in [1.165, 1.54) is 29.8 Å². The van der Waals surface area contributed by atoms with E-state index in [1.807, 2.05) is 19.3 Å². The highest BCUT2D eigenvalue weighted by molar-refractivity contribution is 6.30. The molecule has 1 unspecified atom stereocenters. The minimum atomic E-state index is -4.70. The van der Waals surface area contributed by atoms with Gasteiger partial charge in [-0.2, -0.15) is 23.3 Å². The third kappa shape index (κ3) is 5.27. The molecule has 1 N–H and O–H groups in total. The van der Waals surface area contributed by atoms with E-state index < -0.39 is 24.0 Å². The zero-order chi connectivity index (χ0) is 20.1. The van der Waals surface area contributed by atoms with Crippen LogP contribution in [0.1, 0.15) is 25.3 Å². The minimum Gasteiger partial charge on any atom is -0.365 e. The third-order valence-corrected chi connectivity index (χ3v) is 4.01. The topological polar surface area (TPSA) is 65.3 Å². The van der Waals surface area contributed by atoms with Crippen LogP contribution < -0.4 is 0 Å². The van der Waals surface area contributed by atoms with Crippen LogP contribution in [-0.4, -0.2) is 34.6 Å². The SMILES string of the molecule is CC1=CN=CCC=C1.O=CN1N=C(C(F)(F)F)CC1(O)c1ccc(Cl)cc1. The van der Waals surface area contributed by atoms with Crippen LogP contribution in [0.5, 0.6) is 0 Å². The van der Waals surface area contributed by atoms with Crippen molar-refractivity contribution in [1.82, 2.24) is 5.01 Å². The number of alkyl halides is 3. The van der Waals surface area contributed by atoms with Crippen LogP contribution in [0.3, 0.4) is 0 Å². The smallest absolute Gasteiger partial charge is 0.365 e. The number of nitrogens with zero attached hydrogens (tertiary/aromatic N) is 3. The van der Waals surface area contributed by atoms with E-state index in [0.29, 0.717) is 10.0 Å². The van der Waals surface area contributed by atoms with E-state index in [0.717, 1.165) is 6.42 Å². The number of carbonyl (C=O) groups excluding carboxylic acids is 1. The Morgan fingerprint density at radius 1 is 1.30 bits per heavy atom. The number of aliphatic imine (C=N–C) groups is 1. The Balaban J connectivity index is 0.000000273. The predicted octanol–water partition coefficient (Wildman–Crippen LogP) is 4.19. The Bertz CT molecular complexity index is 801. The number of amides is 1. The molecule has 1 aromatic rings. The Labute approximate surface area is 159 Å². The van der Waals surface area contributed by atoms with E-state index in [1.54, 1.807) is 0 Å². The molecule has 9 heteroatoms. The van der Waals surface area contributed by atoms with Gasteiger partial charge in [0.2, 0.25) is 6.41 Å². The zero-order valence-electron chi connectivity index (χ0n) is 14.3. The Morgan fingerprint density at radius 3 is 2.56 bits per heavy atom. The summed E-state index contributed by atoms with van der Waals surface area (Å²) in [4.78, 5) is 14.8. The maximum absolute atomic E-state index is 12.6. The van der Waals surface area contributed by atoms with Gasteiger partial charge in [0.15, 0.2) is 5.72 Å². The number of hydrogen-bond acceptors (Lipinski definition) is 4. The predicted molar refractivity (Wildman–Crippen MR) is 97.4 cm³/mol. The lowest BCUT2D eigenvalue weighted by molar-refractivity contribution is -0.144. The fourth-order valence-corrected chi connectivity index (χ4v) is 2.50. The van der Waals surface area contributed by atoms with Crippen molar-refractivity contribution in [2.75, 3.05) is 0 Å². The molecule has 0 bridgehead atoms. The van der Waals surface area contributed by atoms with Crippen LogP contribution >= 0.6 is 11.6 Å². The van der Waals surface area contributed by atoms with Gasteiger partial charge >= 0.3 is 6.18 Å². The van der Waals surface area contributed by atoms with Gasteiger partial charge in [0.1, 0.15) is 5.71 Å². The van der Waals surface area contributed by atoms with E-state index in [2.05, 4.69) is 22.2 Å². The number of hydrazone groups is 1. The van der Waals surface area contributed by atoms with Gasteiger partial charge in [-0.05, 0) is 24.6 Å². The summed E-state index contributed by atoms with van der Waals surface area (Å²) in [7, 11) is 0. The molecule has 5 nitrogen and oxygen atoms in total. The van der Waals surface area contributed by atoms with E-state index in [9.17, 15) is 23.1 Å². The molecule has 0 fully saturated rings. The largest absolute Gasteiger partial charge is 0.431 e. The number of aliphatic hydroxyl groups is 1. The highest BCUT2D eigenvalue weighted by Gasteiger charge is 2.51. The number of rotatable bonds is 2. The molecule has 3 rings (SSSR count). The standard InChI is InChI=1S/C11H8ClF3N2O2.C7H9N/c12-8-3-1-7(2-4-8)10(19)5-9(11(13,14)15)16-17(10)6-18;1-7-4-2-3-5-8-6-7/h1-4,6,19H,5H2;2,4-6H,3H2,1H3. The van der Waals surface area contributed by atoms with Crippen molar-refractivity contribution in [2.24, 2.45) is 10.1 Å². The molecule has 2 aliphatic rings. The Morgan fingerprint density at radius 2 is 1.96 bits per heavy atom. The monoisotopic (exact) mass is 399 g/mol. The van der Waals surface area contributed by atoms with E-state index >= 15 is 0 Å². The maximum Gasteiger partial charge on any atom is 0.431 e. The van der Waals surface area contributed by atoms with Crippen molar-refractivity contribution >= 4 is 29.9 Å². The molecule has 27 heavy (non-hydrogen) atoms. The summed E-state index contributed by atoms with van der Waals surface area (Å²) in [6.07, 6.45) is 3.43. The molecule has 0 radical (unpaired) electrons. The summed E-state index contributed by atoms with van der Waals surface area (Å²) in [6.45, 7) is 2.04. The summed E-state index contributed by atoms with van der Waals surface area (Å²) >= 11 is 5.66. The van der Waals surface area contributed by atoms with Gasteiger partial charge in [-0.1, -0.05) is 35.9 Å². The van der Waals surface area contributed by atoms with Crippen molar-refractivity contribution < 1.29 is 23.1 Å². The zero-order valence-corrected chi connectivity index (χ0v) is 15.1. The maximum atomic E-state index is 12.6. The molecular formula is C18H17ClF3N3O2. The second kappa shape index (κ2) is 8.49. The average molecular weight is 400 g/mol. The Kier molecular flexibility index (Phi) is 6.56. The van der Waals surface area contributed by atoms with Gasteiger partial charge in [0, 0.05) is 29.4 Å². The molecule has 0 spiro atoms. The number of halogens is 4. The molecule has 0 aromatic heterocycles. The van der Waals surface area contributed by atoms with Crippen LogP contribution in [0, 0.1) is 0 Å². The van der Waals surface area contributed by atoms with Gasteiger partial charge in [-0.25, -0.2) is 0 Å². The van der Waals surface area contributed by atoms with E-state index in [-0.39, 0.29) is 12.0 Å². The number of carbonyl (C=O) groups is 1. The minimum absolute atomic E-state index is 0.0490. The highest BCUT2D eigenvalue weighted by atomic mass is 35.5. The van der Waals surface area contributed by atoms with Crippen molar-refractivity contribution in [1.29, 1.82) is 0 Å². The lowest BCUT2D eigenvalue weighted by atomic mass is 9.97. The van der Waals surface area contributed by atoms with Crippen molar-refractivity contribution in [3.05, 3.63) is 58.8 Å². The fraction of sp³-hybridized carbons (Fsp3) is 0.278. The molecule has 0 saturated heterocycles. The lowest BCUT2D eigenvalue weighted by Gasteiger charge is -2.28. The second-order valence-electron chi connectivity index (χ2n) is 5.84. The molecule has 2 heterocycles. The van der Waals surface area contributed by atoms with Gasteiger partial charge in [0.05, 0.1) is 6.42 Å². The molecule has 0 saturated carbocycles. The number of benzene rings is 1. The van der Waals surface area contributed by atoms with Crippen LogP contribution in [-0.2, 0) is 10.5 Å². The first kappa shape index (κ1) is 20.9. The van der Waals surface area contributed by atoms with Crippen LogP contribution in [0.2, 0.25) is 5.02 Å². The summed E-state index contributed by atoms with van der Waals surface area (Å²) in [5.41, 5.74) is -2.03. The van der Waals surface area contributed by atoms with Crippen molar-refractivity contribution in [3.8, 4) is 0 Å². The molecule has 1 aromatic carbocycles. The lowest BCUT2D eigenvalue weighted by Crippen LogP contribution is -2.39. The summed E-state index contributed by atoms with van der Waals surface area (Å²) in [6, 6.07) is 5.49. The Hall–Kier alpha value is -2.45. The first-order valence-corrected chi connectivity index (χ1v) is 8.27. The number of allylic oxidation sites excluding steroid dienone is 3. The average Bonchev–Trinajstić information content (AvgIpc) is 2.79. The first-order chi connectivity index (χ1) is 12.7. The molecule has 0 aliphatic carbocycles. The van der Waals surface area contributed by atoms with Crippen LogP contribution in [0.15, 0.2) is 58.3 Å². The van der Waals surface area contributed by atoms with Crippen molar-refractivity contribution in [2.45, 2.75) is 31.7 Å². The first-order valence-electron chi connectivity index (χ1n) is 7.89. The number of hydrogen-bond donors (Lipinski definition) is 1. The molecule has 2 aliphatic heterocycles. The normalized spacial score (nSPS) is 21.8. The molecular weight excluding hydrogens is 383 g/mol. The van der Waals surface area contributed by atoms with Gasteiger partial charge < -0.3 is 5.11 Å². The van der Waals surface area contributed by atoms with Crippen molar-refractivity contribution in [3.63, 3.8) is 0 Å².